The van der Waals surface area contributed by atoms with Crippen LogP contribution in [0.25, 0.3) is 0 Å². The number of hydrogen-bond donors (Lipinski definition) is 0. The molecule has 0 heterocycles. The molecule has 0 aliphatic heterocycles. The average molecular weight is 166 g/mol. The predicted molar refractivity (Wildman–Crippen MR) is 31.1 cm³/mol. The molecule has 0 N–H and O–H groups in total. The first-order valence-electron chi connectivity index (χ1n) is 2.51. The van der Waals surface area contributed by atoms with Crippen LogP contribution in [-0.4, -0.2) is 6.36 Å². The number of halogens is 3. The molecule has 0 fully saturated rings. The van der Waals surface area contributed by atoms with E-state index >= 15 is 0 Å². The molecule has 5 heteroatoms. The lowest BCUT2D eigenvalue weighted by Crippen LogP contribution is -1.98. The molecule has 0 aliphatic rings. The van der Waals surface area contributed by atoms with E-state index in [2.05, 4.69) is 16.4 Å². The van der Waals surface area contributed by atoms with Crippen LogP contribution in [0.5, 0.6) is 0 Å². The van der Waals surface area contributed by atoms with Crippen molar-refractivity contribution in [3.63, 3.8) is 0 Å². The van der Waals surface area contributed by atoms with Gasteiger partial charge in [-0.15, -0.1) is 4.89 Å². The fourth-order valence-corrected chi connectivity index (χ4v) is 0.189. The molecule has 0 aliphatic carbocycles. The summed E-state index contributed by atoms with van der Waals surface area (Å²) < 4.78 is 34.3. The summed E-state index contributed by atoms with van der Waals surface area (Å²) in [4.78, 5) is 7.61. The van der Waals surface area contributed by atoms with E-state index in [1.54, 1.807) is 0 Å². The Morgan fingerprint density at radius 3 is 2.64 bits per heavy atom. The quantitative estimate of drug-likeness (QED) is 0.210. The minimum absolute atomic E-state index is 0.394. The highest BCUT2D eigenvalue weighted by molar-refractivity contribution is 4.77. The Morgan fingerprint density at radius 1 is 1.55 bits per heavy atom. The molecule has 0 amide bonds. The summed E-state index contributed by atoms with van der Waals surface area (Å²) in [6.45, 7) is 3.01. The van der Waals surface area contributed by atoms with Crippen molar-refractivity contribution in [2.45, 2.75) is 6.36 Å². The highest BCUT2D eigenvalue weighted by Gasteiger charge is 1.97. The van der Waals surface area contributed by atoms with Crippen molar-refractivity contribution in [3.8, 4) is 0 Å². The van der Waals surface area contributed by atoms with Gasteiger partial charge in [0.2, 0.25) is 0 Å². The molecule has 1 unspecified atom stereocenters. The van der Waals surface area contributed by atoms with Gasteiger partial charge in [-0.3, -0.25) is 0 Å². The Labute approximate surface area is 61.1 Å². The van der Waals surface area contributed by atoms with Crippen LogP contribution in [0.4, 0.5) is 13.2 Å². The third-order valence-corrected chi connectivity index (χ3v) is 0.549. The van der Waals surface area contributed by atoms with Gasteiger partial charge in [-0.25, -0.2) is 4.39 Å². The van der Waals surface area contributed by atoms with Crippen molar-refractivity contribution in [3.05, 3.63) is 30.7 Å². The normalized spacial score (nSPS) is 11.2. The zero-order chi connectivity index (χ0) is 8.69. The summed E-state index contributed by atoms with van der Waals surface area (Å²) >= 11 is 0. The minimum Gasteiger partial charge on any atom is -0.333 e. The Hall–Kier alpha value is -1.19. The predicted octanol–water partition coefficient (Wildman–Crippen LogP) is 2.31. The van der Waals surface area contributed by atoms with Crippen LogP contribution in [0.3, 0.4) is 0 Å². The average Bonchev–Trinajstić information content (AvgIpc) is 1.97. The third-order valence-electron chi connectivity index (χ3n) is 0.549. The van der Waals surface area contributed by atoms with Crippen molar-refractivity contribution >= 4 is 0 Å². The van der Waals surface area contributed by atoms with Gasteiger partial charge in [0.15, 0.2) is 6.26 Å². The molecule has 11 heavy (non-hydrogen) atoms. The van der Waals surface area contributed by atoms with Gasteiger partial charge in [-0.2, -0.15) is 8.78 Å². The topological polar surface area (TPSA) is 18.5 Å². The smallest absolute Gasteiger partial charge is 0.316 e. The lowest BCUT2D eigenvalue weighted by molar-refractivity contribution is -0.300. The van der Waals surface area contributed by atoms with E-state index in [0.717, 1.165) is 6.08 Å². The van der Waals surface area contributed by atoms with E-state index in [0.29, 0.717) is 6.26 Å². The third kappa shape index (κ3) is 6.70. The molecule has 0 aromatic rings. The molecule has 0 saturated carbocycles. The zero-order valence-electron chi connectivity index (χ0n) is 5.39. The molecular weight excluding hydrogens is 161 g/mol. The van der Waals surface area contributed by atoms with Gasteiger partial charge in [0, 0.05) is 0 Å². The van der Waals surface area contributed by atoms with Gasteiger partial charge in [-0.1, -0.05) is 6.58 Å². The van der Waals surface area contributed by atoms with Gasteiger partial charge >= 0.3 is 6.08 Å². The molecule has 0 saturated heterocycles. The molecule has 2 nitrogen and oxygen atoms in total. The molecule has 0 bridgehead atoms. The van der Waals surface area contributed by atoms with Crippen molar-refractivity contribution in [1.82, 2.24) is 0 Å². The SMILES string of the molecule is C=CC(F)OOC=C=C(F)F. The molecule has 0 radical (unpaired) electrons. The van der Waals surface area contributed by atoms with Crippen molar-refractivity contribution < 1.29 is 22.9 Å². The Kier molecular flexibility index (Phi) is 4.98. The standard InChI is InChI=1S/C6H5F3O2/c1-2-6(9)11-10-4-3-5(7)8/h2,4,6H,1H2. The molecule has 0 spiro atoms. The summed E-state index contributed by atoms with van der Waals surface area (Å²) in [6.07, 6.45) is -2.73. The van der Waals surface area contributed by atoms with E-state index < -0.39 is 12.4 Å². The van der Waals surface area contributed by atoms with E-state index in [9.17, 15) is 13.2 Å². The second-order valence-electron chi connectivity index (χ2n) is 1.30. The fraction of sp³-hybridized carbons (Fsp3) is 0.167. The van der Waals surface area contributed by atoms with Crippen LogP contribution in [0.15, 0.2) is 30.7 Å². The molecular formula is C6H5F3O2. The van der Waals surface area contributed by atoms with Gasteiger partial charge in [-0.05, 0) is 11.8 Å². The van der Waals surface area contributed by atoms with Crippen LogP contribution in [0.1, 0.15) is 0 Å². The highest BCUT2D eigenvalue weighted by Crippen LogP contribution is 1.96. The summed E-state index contributed by atoms with van der Waals surface area (Å²) in [5, 5.41) is 0. The second-order valence-corrected chi connectivity index (χ2v) is 1.30. The summed E-state index contributed by atoms with van der Waals surface area (Å²) in [6, 6.07) is 0. The van der Waals surface area contributed by atoms with E-state index in [1.807, 2.05) is 0 Å². The Bertz CT molecular complexity index is 180. The maximum Gasteiger partial charge on any atom is 0.316 e. The van der Waals surface area contributed by atoms with E-state index in [4.69, 9.17) is 0 Å². The van der Waals surface area contributed by atoms with Gasteiger partial charge in [0.1, 0.15) is 0 Å². The van der Waals surface area contributed by atoms with E-state index in [-0.39, 0.29) is 0 Å². The first-order chi connectivity index (χ1) is 5.16. The second kappa shape index (κ2) is 5.58. The van der Waals surface area contributed by atoms with Gasteiger partial charge in [0.25, 0.3) is 6.36 Å². The van der Waals surface area contributed by atoms with Crippen LogP contribution >= 0.6 is 0 Å². The summed E-state index contributed by atoms with van der Waals surface area (Å²) in [7, 11) is 0. The summed E-state index contributed by atoms with van der Waals surface area (Å²) in [5.41, 5.74) is 1.34. The molecule has 62 valence electrons. The fourth-order valence-electron chi connectivity index (χ4n) is 0.189. The largest absolute Gasteiger partial charge is 0.333 e. The van der Waals surface area contributed by atoms with Crippen LogP contribution < -0.4 is 0 Å². The van der Waals surface area contributed by atoms with Gasteiger partial charge in [0.05, 0.1) is 0 Å². The van der Waals surface area contributed by atoms with Crippen molar-refractivity contribution in [1.29, 1.82) is 0 Å². The Morgan fingerprint density at radius 2 is 2.18 bits per heavy atom. The van der Waals surface area contributed by atoms with E-state index in [1.165, 1.54) is 5.73 Å². The monoisotopic (exact) mass is 166 g/mol. The van der Waals surface area contributed by atoms with Gasteiger partial charge < -0.3 is 4.89 Å². The van der Waals surface area contributed by atoms with Crippen LogP contribution in [0, 0.1) is 0 Å². The number of hydrogen-bond acceptors (Lipinski definition) is 2. The first kappa shape index (κ1) is 9.81. The molecule has 0 aromatic carbocycles. The maximum atomic E-state index is 11.9. The molecule has 0 rings (SSSR count). The molecule has 1 atom stereocenters. The molecule has 0 aromatic heterocycles. The van der Waals surface area contributed by atoms with Crippen molar-refractivity contribution in [2.24, 2.45) is 0 Å². The highest BCUT2D eigenvalue weighted by atomic mass is 19.3. The Balaban J connectivity index is 3.57. The maximum absolute atomic E-state index is 11.9. The van der Waals surface area contributed by atoms with Crippen LogP contribution in [0.2, 0.25) is 0 Å². The lowest BCUT2D eigenvalue weighted by Gasteiger charge is -1.98. The number of alkyl halides is 1. The van der Waals surface area contributed by atoms with Crippen LogP contribution in [-0.2, 0) is 9.78 Å². The summed E-state index contributed by atoms with van der Waals surface area (Å²) in [5.74, 6) is 0. The van der Waals surface area contributed by atoms with Crippen molar-refractivity contribution in [2.75, 3.05) is 0 Å². The first-order valence-corrected chi connectivity index (χ1v) is 2.51. The lowest BCUT2D eigenvalue weighted by atomic mass is 10.7. The number of rotatable bonds is 4. The minimum atomic E-state index is -2.08. The zero-order valence-corrected chi connectivity index (χ0v) is 5.39.